The second kappa shape index (κ2) is 5.17. The summed E-state index contributed by atoms with van der Waals surface area (Å²) in [6.07, 6.45) is 2.53. The van der Waals surface area contributed by atoms with E-state index in [2.05, 4.69) is 22.2 Å². The van der Waals surface area contributed by atoms with E-state index in [0.29, 0.717) is 5.82 Å². The summed E-state index contributed by atoms with van der Waals surface area (Å²) in [5, 5.41) is 4.51. The van der Waals surface area contributed by atoms with Crippen molar-refractivity contribution in [1.29, 1.82) is 0 Å². The normalized spacial score (nSPS) is 10.7. The fourth-order valence-corrected chi connectivity index (χ4v) is 2.26. The van der Waals surface area contributed by atoms with Crippen molar-refractivity contribution < 1.29 is 0 Å². The number of hydrogen-bond acceptors (Lipinski definition) is 3. The lowest BCUT2D eigenvalue weighted by Crippen LogP contribution is -2.00. The summed E-state index contributed by atoms with van der Waals surface area (Å²) in [5.74, 6) is 0.689. The van der Waals surface area contributed by atoms with Gasteiger partial charge in [0.15, 0.2) is 0 Å². The minimum absolute atomic E-state index is 0.689. The van der Waals surface area contributed by atoms with Crippen LogP contribution in [0.15, 0.2) is 54.7 Å². The Balaban J connectivity index is 2.06. The summed E-state index contributed by atoms with van der Waals surface area (Å²) < 4.78 is 1.71. The molecule has 0 fully saturated rings. The zero-order valence-electron chi connectivity index (χ0n) is 11.3. The number of pyridine rings is 1. The molecule has 0 amide bonds. The molecular formula is C16H16N4. The number of nitrogens with zero attached hydrogens (tertiary/aromatic N) is 3. The van der Waals surface area contributed by atoms with Crippen LogP contribution in [0.2, 0.25) is 0 Å². The highest BCUT2D eigenvalue weighted by Gasteiger charge is 2.16. The van der Waals surface area contributed by atoms with E-state index in [1.807, 2.05) is 43.4 Å². The Labute approximate surface area is 117 Å². The van der Waals surface area contributed by atoms with Crippen molar-refractivity contribution in [3.63, 3.8) is 0 Å². The lowest BCUT2D eigenvalue weighted by molar-refractivity contribution is 0.781. The van der Waals surface area contributed by atoms with Gasteiger partial charge in [-0.3, -0.25) is 9.67 Å². The van der Waals surface area contributed by atoms with E-state index in [9.17, 15) is 0 Å². The summed E-state index contributed by atoms with van der Waals surface area (Å²) in [5.41, 5.74) is 10.1. The Morgan fingerprint density at radius 1 is 1.05 bits per heavy atom. The second-order valence-corrected chi connectivity index (χ2v) is 4.71. The third-order valence-corrected chi connectivity index (χ3v) is 3.32. The van der Waals surface area contributed by atoms with Crippen LogP contribution in [-0.4, -0.2) is 14.8 Å². The molecule has 0 unspecified atom stereocenters. The molecule has 0 aliphatic carbocycles. The van der Waals surface area contributed by atoms with Gasteiger partial charge in [0.1, 0.15) is 11.5 Å². The first-order valence-corrected chi connectivity index (χ1v) is 6.52. The minimum atomic E-state index is 0.689. The SMILES string of the molecule is Cn1nc(-c2ccccn2)c(Cc2ccccc2)c1N. The third kappa shape index (κ3) is 2.28. The largest absolute Gasteiger partial charge is 0.384 e. The van der Waals surface area contributed by atoms with Gasteiger partial charge in [-0.15, -0.1) is 0 Å². The molecule has 0 bridgehead atoms. The smallest absolute Gasteiger partial charge is 0.125 e. The Bertz CT molecular complexity index is 702. The van der Waals surface area contributed by atoms with Gasteiger partial charge in [0.2, 0.25) is 0 Å². The first kappa shape index (κ1) is 12.4. The molecule has 2 aromatic heterocycles. The van der Waals surface area contributed by atoms with Gasteiger partial charge in [0.25, 0.3) is 0 Å². The van der Waals surface area contributed by atoms with E-state index in [0.717, 1.165) is 23.4 Å². The van der Waals surface area contributed by atoms with Crippen LogP contribution in [0.1, 0.15) is 11.1 Å². The Kier molecular flexibility index (Phi) is 3.21. The van der Waals surface area contributed by atoms with Gasteiger partial charge < -0.3 is 5.73 Å². The lowest BCUT2D eigenvalue weighted by Gasteiger charge is -2.04. The summed E-state index contributed by atoms with van der Waals surface area (Å²) >= 11 is 0. The average molecular weight is 264 g/mol. The topological polar surface area (TPSA) is 56.7 Å². The van der Waals surface area contributed by atoms with Crippen molar-refractivity contribution in [3.8, 4) is 11.4 Å². The first-order chi connectivity index (χ1) is 9.75. The van der Waals surface area contributed by atoms with Crippen molar-refractivity contribution >= 4 is 5.82 Å². The molecule has 0 aliphatic rings. The summed E-state index contributed by atoms with van der Waals surface area (Å²) in [4.78, 5) is 4.37. The monoisotopic (exact) mass is 264 g/mol. The molecule has 20 heavy (non-hydrogen) atoms. The van der Waals surface area contributed by atoms with E-state index in [4.69, 9.17) is 5.73 Å². The zero-order valence-corrected chi connectivity index (χ0v) is 11.3. The highest BCUT2D eigenvalue weighted by Crippen LogP contribution is 2.27. The predicted molar refractivity (Wildman–Crippen MR) is 80.1 cm³/mol. The van der Waals surface area contributed by atoms with Crippen LogP contribution in [-0.2, 0) is 13.5 Å². The zero-order chi connectivity index (χ0) is 13.9. The Hall–Kier alpha value is -2.62. The third-order valence-electron chi connectivity index (χ3n) is 3.32. The van der Waals surface area contributed by atoms with E-state index < -0.39 is 0 Å². The first-order valence-electron chi connectivity index (χ1n) is 6.52. The van der Waals surface area contributed by atoms with Gasteiger partial charge in [-0.05, 0) is 17.7 Å². The second-order valence-electron chi connectivity index (χ2n) is 4.71. The minimum Gasteiger partial charge on any atom is -0.384 e. The average Bonchev–Trinajstić information content (AvgIpc) is 2.78. The summed E-state index contributed by atoms with van der Waals surface area (Å²) in [7, 11) is 1.86. The summed E-state index contributed by atoms with van der Waals surface area (Å²) in [6, 6.07) is 16.1. The number of nitrogens with two attached hydrogens (primary N) is 1. The van der Waals surface area contributed by atoms with Crippen LogP contribution in [0.25, 0.3) is 11.4 Å². The van der Waals surface area contributed by atoms with Crippen LogP contribution in [0.5, 0.6) is 0 Å². The number of anilines is 1. The van der Waals surface area contributed by atoms with Crippen molar-refractivity contribution in [3.05, 3.63) is 65.9 Å². The van der Waals surface area contributed by atoms with Crippen molar-refractivity contribution in [2.45, 2.75) is 6.42 Å². The standard InChI is InChI=1S/C16H16N4/c1-20-16(17)13(11-12-7-3-2-4-8-12)15(19-20)14-9-5-6-10-18-14/h2-10H,11,17H2,1H3. The van der Waals surface area contributed by atoms with E-state index in [-0.39, 0.29) is 0 Å². The molecule has 3 rings (SSSR count). The highest BCUT2D eigenvalue weighted by atomic mass is 15.3. The fraction of sp³-hybridized carbons (Fsp3) is 0.125. The number of aromatic nitrogens is 3. The van der Waals surface area contributed by atoms with Gasteiger partial charge in [-0.1, -0.05) is 36.4 Å². The molecule has 0 saturated heterocycles. The molecule has 1 aromatic carbocycles. The molecule has 0 atom stereocenters. The highest BCUT2D eigenvalue weighted by molar-refractivity contribution is 5.66. The maximum Gasteiger partial charge on any atom is 0.125 e. The number of aryl methyl sites for hydroxylation is 1. The van der Waals surface area contributed by atoms with Gasteiger partial charge in [0, 0.05) is 25.2 Å². The maximum atomic E-state index is 6.16. The summed E-state index contributed by atoms with van der Waals surface area (Å²) in [6.45, 7) is 0. The van der Waals surface area contributed by atoms with Crippen LogP contribution >= 0.6 is 0 Å². The molecule has 2 heterocycles. The lowest BCUT2D eigenvalue weighted by atomic mass is 10.0. The van der Waals surface area contributed by atoms with Crippen molar-refractivity contribution in [2.24, 2.45) is 7.05 Å². The van der Waals surface area contributed by atoms with E-state index in [1.165, 1.54) is 5.56 Å². The van der Waals surface area contributed by atoms with Gasteiger partial charge >= 0.3 is 0 Å². The van der Waals surface area contributed by atoms with Gasteiger partial charge in [-0.25, -0.2) is 0 Å². The van der Waals surface area contributed by atoms with Crippen molar-refractivity contribution in [1.82, 2.24) is 14.8 Å². The number of benzene rings is 1. The van der Waals surface area contributed by atoms with E-state index in [1.54, 1.807) is 10.9 Å². The number of hydrogen-bond donors (Lipinski definition) is 1. The quantitative estimate of drug-likeness (QED) is 0.791. The molecule has 0 saturated carbocycles. The molecule has 4 heteroatoms. The molecule has 0 spiro atoms. The van der Waals surface area contributed by atoms with Crippen LogP contribution in [0, 0.1) is 0 Å². The van der Waals surface area contributed by atoms with Crippen LogP contribution in [0.3, 0.4) is 0 Å². The molecule has 3 aromatic rings. The number of nitrogen functional groups attached to an aromatic ring is 1. The Morgan fingerprint density at radius 2 is 1.80 bits per heavy atom. The van der Waals surface area contributed by atoms with Crippen LogP contribution < -0.4 is 5.73 Å². The number of rotatable bonds is 3. The molecular weight excluding hydrogens is 248 g/mol. The maximum absolute atomic E-state index is 6.16. The molecule has 2 N–H and O–H groups in total. The van der Waals surface area contributed by atoms with E-state index >= 15 is 0 Å². The van der Waals surface area contributed by atoms with Crippen molar-refractivity contribution in [2.75, 3.05) is 5.73 Å². The van der Waals surface area contributed by atoms with Gasteiger partial charge in [-0.2, -0.15) is 5.10 Å². The van der Waals surface area contributed by atoms with Gasteiger partial charge in [0.05, 0.1) is 5.69 Å². The molecule has 0 aliphatic heterocycles. The molecule has 100 valence electrons. The predicted octanol–water partition coefficient (Wildman–Crippen LogP) is 2.66. The molecule has 0 radical (unpaired) electrons. The Morgan fingerprint density at radius 3 is 2.50 bits per heavy atom. The van der Waals surface area contributed by atoms with Crippen LogP contribution in [0.4, 0.5) is 5.82 Å². The molecule has 4 nitrogen and oxygen atoms in total. The fourth-order valence-electron chi connectivity index (χ4n) is 2.26.